The minimum atomic E-state index is -0.721. The molecule has 1 heterocycles. The van der Waals surface area contributed by atoms with Crippen LogP contribution in [0.5, 0.6) is 11.5 Å². The van der Waals surface area contributed by atoms with Gasteiger partial charge in [0, 0.05) is 28.7 Å². The zero-order valence-corrected chi connectivity index (χ0v) is 18.7. The van der Waals surface area contributed by atoms with Crippen LogP contribution in [0.4, 0.5) is 11.4 Å². The molecule has 0 N–H and O–H groups in total. The SMILES string of the molecule is CC(C)(C)c1cc([N+](=O)[O-])c2c(c1)C(C)(C)c1cc(C(C)(C)C)cc([N+](=O)[O-])c1O2. The van der Waals surface area contributed by atoms with Gasteiger partial charge in [-0.25, -0.2) is 0 Å². The number of rotatable bonds is 2. The van der Waals surface area contributed by atoms with Gasteiger partial charge in [0.2, 0.25) is 11.5 Å². The van der Waals surface area contributed by atoms with E-state index in [2.05, 4.69) is 0 Å². The molecule has 1 aliphatic rings. The second-order valence-corrected chi connectivity index (χ2v) is 10.5. The van der Waals surface area contributed by atoms with Gasteiger partial charge in [-0.15, -0.1) is 0 Å². The summed E-state index contributed by atoms with van der Waals surface area (Å²) in [5.74, 6) is 0.161. The first-order valence-electron chi connectivity index (χ1n) is 9.90. The van der Waals surface area contributed by atoms with Crippen molar-refractivity contribution in [2.75, 3.05) is 0 Å². The molecule has 0 unspecified atom stereocenters. The normalized spacial score (nSPS) is 15.1. The Kier molecular flexibility index (Phi) is 4.73. The van der Waals surface area contributed by atoms with Crippen molar-refractivity contribution < 1.29 is 14.6 Å². The number of nitro groups is 2. The fraction of sp³-hybridized carbons (Fsp3) is 0.478. The van der Waals surface area contributed by atoms with Crippen LogP contribution in [-0.2, 0) is 16.2 Å². The molecule has 0 saturated carbocycles. The van der Waals surface area contributed by atoms with Crippen molar-refractivity contribution in [2.45, 2.75) is 71.6 Å². The second kappa shape index (κ2) is 6.52. The first kappa shape index (κ1) is 21.7. The van der Waals surface area contributed by atoms with Crippen molar-refractivity contribution in [3.63, 3.8) is 0 Å². The monoisotopic (exact) mass is 412 g/mol. The smallest absolute Gasteiger partial charge is 0.312 e. The summed E-state index contributed by atoms with van der Waals surface area (Å²) in [5, 5.41) is 23.7. The van der Waals surface area contributed by atoms with Crippen LogP contribution in [0, 0.1) is 20.2 Å². The molecular weight excluding hydrogens is 384 g/mol. The van der Waals surface area contributed by atoms with Crippen molar-refractivity contribution in [3.8, 4) is 11.5 Å². The van der Waals surface area contributed by atoms with Crippen LogP contribution in [0.3, 0.4) is 0 Å². The van der Waals surface area contributed by atoms with Gasteiger partial charge in [-0.1, -0.05) is 67.5 Å². The maximum absolute atomic E-state index is 11.9. The van der Waals surface area contributed by atoms with E-state index in [-0.39, 0.29) is 33.7 Å². The van der Waals surface area contributed by atoms with Crippen molar-refractivity contribution in [1.29, 1.82) is 0 Å². The largest absolute Gasteiger partial charge is 0.442 e. The molecule has 2 aromatic carbocycles. The predicted molar refractivity (Wildman–Crippen MR) is 116 cm³/mol. The summed E-state index contributed by atoms with van der Waals surface area (Å²) < 4.78 is 5.95. The Labute approximate surface area is 176 Å². The number of hydrogen-bond donors (Lipinski definition) is 0. The Balaban J connectivity index is 2.41. The van der Waals surface area contributed by atoms with E-state index in [9.17, 15) is 20.2 Å². The first-order chi connectivity index (χ1) is 13.5. The topological polar surface area (TPSA) is 95.5 Å². The van der Waals surface area contributed by atoms with Crippen LogP contribution in [0.1, 0.15) is 77.6 Å². The summed E-state index contributed by atoms with van der Waals surface area (Å²) >= 11 is 0. The summed E-state index contributed by atoms with van der Waals surface area (Å²) in [5.41, 5.74) is 1.26. The van der Waals surface area contributed by atoms with Crippen molar-refractivity contribution >= 4 is 11.4 Å². The maximum atomic E-state index is 11.9. The number of benzene rings is 2. The third-order valence-corrected chi connectivity index (χ3v) is 5.81. The molecule has 0 fully saturated rings. The Bertz CT molecular complexity index is 989. The third kappa shape index (κ3) is 3.42. The van der Waals surface area contributed by atoms with Crippen LogP contribution in [0.25, 0.3) is 0 Å². The molecule has 0 aliphatic carbocycles. The standard InChI is InChI=1S/C23H28N2O5/c1-21(2,3)13-9-15-19(17(11-13)24(26)27)30-20-16(23(15,7)8)10-14(22(4,5)6)12-18(20)25(28)29/h9-12H,1-8H3. The molecule has 3 rings (SSSR count). The fourth-order valence-electron chi connectivity index (χ4n) is 3.75. The van der Waals surface area contributed by atoms with E-state index in [1.165, 1.54) is 12.1 Å². The van der Waals surface area contributed by atoms with Gasteiger partial charge in [0.05, 0.1) is 9.85 Å². The number of ether oxygens (including phenoxy) is 1. The second-order valence-electron chi connectivity index (χ2n) is 10.5. The van der Waals surface area contributed by atoms with E-state index in [1.807, 2.05) is 67.5 Å². The molecule has 0 saturated heterocycles. The fourth-order valence-corrected chi connectivity index (χ4v) is 3.75. The summed E-state index contributed by atoms with van der Waals surface area (Å²) in [4.78, 5) is 22.8. The lowest BCUT2D eigenvalue weighted by molar-refractivity contribution is -0.387. The Morgan fingerprint density at radius 3 is 1.33 bits per heavy atom. The van der Waals surface area contributed by atoms with Gasteiger partial charge in [-0.2, -0.15) is 0 Å². The zero-order valence-electron chi connectivity index (χ0n) is 18.7. The highest BCUT2D eigenvalue weighted by Crippen LogP contribution is 2.55. The highest BCUT2D eigenvalue weighted by molar-refractivity contribution is 5.70. The number of fused-ring (bicyclic) bond motifs is 2. The number of nitro benzene ring substituents is 2. The minimum Gasteiger partial charge on any atom is -0.442 e. The number of nitrogens with zero attached hydrogens (tertiary/aromatic N) is 2. The van der Waals surface area contributed by atoms with E-state index in [0.717, 1.165) is 11.1 Å². The molecule has 0 spiro atoms. The molecule has 0 radical (unpaired) electrons. The Morgan fingerprint density at radius 2 is 1.07 bits per heavy atom. The Hall–Kier alpha value is -2.96. The highest BCUT2D eigenvalue weighted by atomic mass is 16.6. The van der Waals surface area contributed by atoms with Gasteiger partial charge < -0.3 is 4.74 Å². The van der Waals surface area contributed by atoms with Gasteiger partial charge in [-0.3, -0.25) is 20.2 Å². The van der Waals surface area contributed by atoms with Gasteiger partial charge in [0.25, 0.3) is 0 Å². The number of hydrogen-bond acceptors (Lipinski definition) is 5. The summed E-state index contributed by atoms with van der Waals surface area (Å²) in [6, 6.07) is 6.88. The van der Waals surface area contributed by atoms with Gasteiger partial charge in [-0.05, 0) is 22.0 Å². The van der Waals surface area contributed by atoms with Gasteiger partial charge >= 0.3 is 11.4 Å². The molecule has 7 nitrogen and oxygen atoms in total. The zero-order chi connectivity index (χ0) is 22.8. The predicted octanol–water partition coefficient (Wildman–Crippen LogP) is 6.53. The van der Waals surface area contributed by atoms with Crippen molar-refractivity contribution in [3.05, 3.63) is 66.7 Å². The van der Waals surface area contributed by atoms with Crippen molar-refractivity contribution in [2.24, 2.45) is 0 Å². The quantitative estimate of drug-likeness (QED) is 0.413. The summed E-state index contributed by atoms with van der Waals surface area (Å²) in [6.07, 6.45) is 0. The first-order valence-corrected chi connectivity index (χ1v) is 9.90. The maximum Gasteiger partial charge on any atom is 0.312 e. The van der Waals surface area contributed by atoms with E-state index < -0.39 is 15.3 Å². The van der Waals surface area contributed by atoms with Crippen LogP contribution >= 0.6 is 0 Å². The molecule has 0 atom stereocenters. The van der Waals surface area contributed by atoms with Gasteiger partial charge in [0.15, 0.2) is 0 Å². The molecule has 0 amide bonds. The summed E-state index contributed by atoms with van der Waals surface area (Å²) in [7, 11) is 0. The molecule has 2 aromatic rings. The van der Waals surface area contributed by atoms with E-state index in [0.29, 0.717) is 11.1 Å². The van der Waals surface area contributed by atoms with Crippen LogP contribution in [0.15, 0.2) is 24.3 Å². The van der Waals surface area contributed by atoms with Crippen LogP contribution in [-0.4, -0.2) is 9.85 Å². The molecule has 160 valence electrons. The minimum absolute atomic E-state index is 0.0807. The third-order valence-electron chi connectivity index (χ3n) is 5.81. The van der Waals surface area contributed by atoms with Gasteiger partial charge in [0.1, 0.15) is 0 Å². The van der Waals surface area contributed by atoms with E-state index in [1.54, 1.807) is 0 Å². The molecule has 30 heavy (non-hydrogen) atoms. The van der Waals surface area contributed by atoms with E-state index in [4.69, 9.17) is 4.74 Å². The lowest BCUT2D eigenvalue weighted by Crippen LogP contribution is -2.28. The summed E-state index contributed by atoms with van der Waals surface area (Å²) in [6.45, 7) is 15.8. The molecule has 0 aromatic heterocycles. The highest BCUT2D eigenvalue weighted by Gasteiger charge is 2.43. The average Bonchev–Trinajstić information content (AvgIpc) is 2.58. The van der Waals surface area contributed by atoms with Crippen LogP contribution in [0.2, 0.25) is 0 Å². The lowest BCUT2D eigenvalue weighted by atomic mass is 9.71. The average molecular weight is 412 g/mol. The molecule has 7 heteroatoms. The molecular formula is C23H28N2O5. The molecule has 1 aliphatic heterocycles. The van der Waals surface area contributed by atoms with Crippen LogP contribution < -0.4 is 4.74 Å². The Morgan fingerprint density at radius 1 is 0.733 bits per heavy atom. The lowest BCUT2D eigenvalue weighted by Gasteiger charge is -2.36. The van der Waals surface area contributed by atoms with E-state index >= 15 is 0 Å². The molecule has 0 bridgehead atoms. The van der Waals surface area contributed by atoms with Crippen molar-refractivity contribution in [1.82, 2.24) is 0 Å².